The third-order valence-electron chi connectivity index (χ3n) is 3.51. The second-order valence-corrected chi connectivity index (χ2v) is 4.71. The predicted molar refractivity (Wildman–Crippen MR) is 73.1 cm³/mol. The normalized spacial score (nSPS) is 17.7. The van der Waals surface area contributed by atoms with Crippen LogP contribution in [0, 0.1) is 0 Å². The first kappa shape index (κ1) is 13.4. The molecule has 0 saturated carbocycles. The van der Waals surface area contributed by atoms with Gasteiger partial charge in [-0.1, -0.05) is 18.2 Å². The predicted octanol–water partition coefficient (Wildman–Crippen LogP) is 2.70. The van der Waals surface area contributed by atoms with Gasteiger partial charge in [0.05, 0.1) is 18.8 Å². The Bertz CT molecular complexity index is 392. The van der Waals surface area contributed by atoms with Gasteiger partial charge >= 0.3 is 0 Å². The molecule has 0 saturated heterocycles. The maximum atomic E-state index is 5.87. The van der Waals surface area contributed by atoms with Gasteiger partial charge in [0.15, 0.2) is 0 Å². The Hall–Kier alpha value is -1.06. The van der Waals surface area contributed by atoms with E-state index in [1.54, 1.807) is 0 Å². The number of hydrogen-bond acceptors (Lipinski definition) is 3. The highest BCUT2D eigenvalue weighted by molar-refractivity contribution is 5.44. The minimum atomic E-state index is 0.136. The van der Waals surface area contributed by atoms with E-state index in [0.29, 0.717) is 0 Å². The van der Waals surface area contributed by atoms with E-state index in [1.807, 2.05) is 14.0 Å². The average molecular weight is 249 g/mol. The van der Waals surface area contributed by atoms with Gasteiger partial charge in [0.2, 0.25) is 0 Å². The molecular formula is C15H23NO2. The topological polar surface area (TPSA) is 30.5 Å². The molecule has 1 N–H and O–H groups in total. The van der Waals surface area contributed by atoms with Crippen molar-refractivity contribution in [1.29, 1.82) is 0 Å². The molecule has 0 radical (unpaired) electrons. The van der Waals surface area contributed by atoms with E-state index < -0.39 is 0 Å². The molecule has 1 aliphatic heterocycles. The fourth-order valence-corrected chi connectivity index (χ4v) is 2.66. The van der Waals surface area contributed by atoms with Crippen molar-refractivity contribution in [3.63, 3.8) is 0 Å². The second-order valence-electron chi connectivity index (χ2n) is 4.71. The van der Waals surface area contributed by atoms with Crippen LogP contribution in [0.5, 0.6) is 5.75 Å². The third kappa shape index (κ3) is 2.68. The van der Waals surface area contributed by atoms with Crippen LogP contribution >= 0.6 is 0 Å². The Morgan fingerprint density at radius 1 is 1.44 bits per heavy atom. The van der Waals surface area contributed by atoms with E-state index in [2.05, 4.69) is 30.4 Å². The molecule has 1 heterocycles. The molecular weight excluding hydrogens is 226 g/mol. The number of rotatable bonds is 5. The first-order valence-electron chi connectivity index (χ1n) is 6.81. The summed E-state index contributed by atoms with van der Waals surface area (Å²) in [4.78, 5) is 0. The Kier molecular flexibility index (Phi) is 4.61. The zero-order valence-electron chi connectivity index (χ0n) is 11.5. The minimum Gasteiger partial charge on any atom is -0.493 e. The van der Waals surface area contributed by atoms with Gasteiger partial charge < -0.3 is 14.8 Å². The molecule has 1 aliphatic rings. The first-order chi connectivity index (χ1) is 8.77. The van der Waals surface area contributed by atoms with E-state index >= 15 is 0 Å². The SMILES string of the molecule is CCOC(C)C(NC)c1cccc2c1OCCC2. The van der Waals surface area contributed by atoms with Crippen molar-refractivity contribution < 1.29 is 9.47 Å². The maximum absolute atomic E-state index is 5.87. The molecule has 1 aromatic rings. The Labute approximate surface area is 109 Å². The highest BCUT2D eigenvalue weighted by atomic mass is 16.5. The van der Waals surface area contributed by atoms with Crippen LogP contribution < -0.4 is 10.1 Å². The van der Waals surface area contributed by atoms with Crippen LogP contribution in [0.25, 0.3) is 0 Å². The fraction of sp³-hybridized carbons (Fsp3) is 0.600. The summed E-state index contributed by atoms with van der Waals surface area (Å²) in [6, 6.07) is 6.60. The lowest BCUT2D eigenvalue weighted by Gasteiger charge is -2.28. The maximum Gasteiger partial charge on any atom is 0.127 e. The van der Waals surface area contributed by atoms with Crippen LogP contribution in [0.15, 0.2) is 18.2 Å². The monoisotopic (exact) mass is 249 g/mol. The lowest BCUT2D eigenvalue weighted by Crippen LogP contribution is -2.30. The molecule has 2 atom stereocenters. The molecule has 0 bridgehead atoms. The molecule has 0 amide bonds. The minimum absolute atomic E-state index is 0.136. The van der Waals surface area contributed by atoms with E-state index in [1.165, 1.54) is 11.1 Å². The van der Waals surface area contributed by atoms with Gasteiger partial charge in [0.25, 0.3) is 0 Å². The summed E-state index contributed by atoms with van der Waals surface area (Å²) >= 11 is 0. The van der Waals surface area contributed by atoms with Crippen molar-refractivity contribution in [1.82, 2.24) is 5.32 Å². The van der Waals surface area contributed by atoms with Crippen molar-refractivity contribution in [3.8, 4) is 5.75 Å². The summed E-state index contributed by atoms with van der Waals surface area (Å²) in [6.45, 7) is 5.69. The molecule has 3 heteroatoms. The van der Waals surface area contributed by atoms with Gasteiger partial charge in [-0.3, -0.25) is 0 Å². The van der Waals surface area contributed by atoms with Crippen LogP contribution in [0.2, 0.25) is 0 Å². The smallest absolute Gasteiger partial charge is 0.127 e. The lowest BCUT2D eigenvalue weighted by atomic mass is 9.95. The van der Waals surface area contributed by atoms with Crippen molar-refractivity contribution in [2.75, 3.05) is 20.3 Å². The lowest BCUT2D eigenvalue weighted by molar-refractivity contribution is 0.0483. The molecule has 1 aromatic carbocycles. The summed E-state index contributed by atoms with van der Waals surface area (Å²) in [7, 11) is 1.97. The number of hydrogen-bond donors (Lipinski definition) is 1. The van der Waals surface area contributed by atoms with Gasteiger partial charge in [-0.25, -0.2) is 0 Å². The highest BCUT2D eigenvalue weighted by Crippen LogP contribution is 2.34. The number of benzene rings is 1. The third-order valence-corrected chi connectivity index (χ3v) is 3.51. The molecule has 18 heavy (non-hydrogen) atoms. The van der Waals surface area contributed by atoms with Crippen LogP contribution in [0.4, 0.5) is 0 Å². The summed E-state index contributed by atoms with van der Waals surface area (Å²) in [6.07, 6.45) is 2.36. The van der Waals surface area contributed by atoms with Crippen LogP contribution in [0.3, 0.4) is 0 Å². The Balaban J connectivity index is 2.30. The first-order valence-corrected chi connectivity index (χ1v) is 6.81. The van der Waals surface area contributed by atoms with E-state index in [-0.39, 0.29) is 12.1 Å². The van der Waals surface area contributed by atoms with Crippen molar-refractivity contribution in [3.05, 3.63) is 29.3 Å². The van der Waals surface area contributed by atoms with Crippen molar-refractivity contribution in [2.24, 2.45) is 0 Å². The number of para-hydroxylation sites is 1. The van der Waals surface area contributed by atoms with E-state index in [9.17, 15) is 0 Å². The van der Waals surface area contributed by atoms with Gasteiger partial charge in [0.1, 0.15) is 5.75 Å². The summed E-state index contributed by atoms with van der Waals surface area (Å²) in [5.41, 5.74) is 2.54. The van der Waals surface area contributed by atoms with Crippen LogP contribution in [-0.2, 0) is 11.2 Å². The molecule has 3 nitrogen and oxygen atoms in total. The van der Waals surface area contributed by atoms with E-state index in [4.69, 9.17) is 9.47 Å². The number of fused-ring (bicyclic) bond motifs is 1. The zero-order chi connectivity index (χ0) is 13.0. The van der Waals surface area contributed by atoms with Gasteiger partial charge in [-0.2, -0.15) is 0 Å². The largest absolute Gasteiger partial charge is 0.493 e. The Morgan fingerprint density at radius 2 is 2.28 bits per heavy atom. The van der Waals surface area contributed by atoms with Gasteiger partial charge in [0, 0.05) is 12.2 Å². The summed E-state index contributed by atoms with van der Waals surface area (Å²) in [5.74, 6) is 1.06. The number of likely N-dealkylation sites (N-methyl/N-ethyl adjacent to an activating group) is 1. The molecule has 0 fully saturated rings. The van der Waals surface area contributed by atoms with Crippen molar-refractivity contribution >= 4 is 0 Å². The standard InChI is InChI=1S/C15H23NO2/c1-4-17-11(2)14(16-3)13-9-5-7-12-8-6-10-18-15(12)13/h5,7,9,11,14,16H,4,6,8,10H2,1-3H3. The van der Waals surface area contributed by atoms with Gasteiger partial charge in [-0.05, 0) is 39.3 Å². The quantitative estimate of drug-likeness (QED) is 0.870. The molecule has 0 aromatic heterocycles. The fourth-order valence-electron chi connectivity index (χ4n) is 2.66. The molecule has 0 aliphatic carbocycles. The molecule has 0 spiro atoms. The summed E-state index contributed by atoms with van der Waals surface area (Å²) in [5, 5.41) is 3.35. The average Bonchev–Trinajstić information content (AvgIpc) is 2.40. The number of aryl methyl sites for hydroxylation is 1. The molecule has 100 valence electrons. The highest BCUT2D eigenvalue weighted by Gasteiger charge is 2.24. The summed E-state index contributed by atoms with van der Waals surface area (Å²) < 4.78 is 11.6. The zero-order valence-corrected chi connectivity index (χ0v) is 11.5. The number of nitrogens with one attached hydrogen (secondary N) is 1. The number of ether oxygens (including phenoxy) is 2. The van der Waals surface area contributed by atoms with Gasteiger partial charge in [-0.15, -0.1) is 0 Å². The molecule has 2 unspecified atom stereocenters. The second kappa shape index (κ2) is 6.21. The van der Waals surface area contributed by atoms with Crippen LogP contribution in [0.1, 0.15) is 37.4 Å². The molecule has 2 rings (SSSR count). The van der Waals surface area contributed by atoms with Crippen LogP contribution in [-0.4, -0.2) is 26.4 Å². The van der Waals surface area contributed by atoms with Crippen molar-refractivity contribution in [2.45, 2.75) is 38.8 Å². The van der Waals surface area contributed by atoms with E-state index in [0.717, 1.165) is 31.8 Å². The Morgan fingerprint density at radius 3 is 3.00 bits per heavy atom.